The van der Waals surface area contributed by atoms with Crippen LogP contribution in [0.15, 0.2) is 29.2 Å². The molecule has 1 aliphatic rings. The van der Waals surface area contributed by atoms with Crippen LogP contribution < -0.4 is 10.0 Å². The first-order valence-electron chi connectivity index (χ1n) is 7.00. The molecule has 1 aliphatic heterocycles. The Morgan fingerprint density at radius 1 is 1.27 bits per heavy atom. The Morgan fingerprint density at radius 3 is 2.41 bits per heavy atom. The molecule has 8 heteroatoms. The monoisotopic (exact) mass is 336 g/mol. The van der Waals surface area contributed by atoms with Crippen LogP contribution in [-0.4, -0.2) is 28.1 Å². The van der Waals surface area contributed by atoms with Gasteiger partial charge in [-0.05, 0) is 49.1 Å². The predicted octanol–water partition coefficient (Wildman–Crippen LogP) is 2.37. The standard InChI is InChI=1S/C14H19F3N2O2S/c1-13(7-2-8-18-9-13)10-19-22(20,21)12-5-3-11(4-6-12)14(15,16)17/h3-6,18-19H,2,7-10H2,1H3. The van der Waals surface area contributed by atoms with Crippen molar-refractivity contribution in [1.29, 1.82) is 0 Å². The van der Waals surface area contributed by atoms with Crippen molar-refractivity contribution >= 4 is 10.0 Å². The number of hydrogen-bond donors (Lipinski definition) is 2. The van der Waals surface area contributed by atoms with Gasteiger partial charge in [0.1, 0.15) is 0 Å². The van der Waals surface area contributed by atoms with Crippen LogP contribution in [0.3, 0.4) is 0 Å². The fourth-order valence-electron chi connectivity index (χ4n) is 2.45. The SMILES string of the molecule is CC1(CNS(=O)(=O)c2ccc(C(F)(F)F)cc2)CCCNC1. The van der Waals surface area contributed by atoms with Gasteiger partial charge in [0.15, 0.2) is 0 Å². The van der Waals surface area contributed by atoms with Crippen molar-refractivity contribution in [2.45, 2.75) is 30.8 Å². The van der Waals surface area contributed by atoms with Gasteiger partial charge in [-0.3, -0.25) is 0 Å². The second-order valence-electron chi connectivity index (χ2n) is 5.94. The lowest BCUT2D eigenvalue weighted by Gasteiger charge is -2.34. The molecule has 1 atom stereocenters. The van der Waals surface area contributed by atoms with Gasteiger partial charge in [0.05, 0.1) is 10.5 Å². The molecule has 0 saturated carbocycles. The minimum atomic E-state index is -4.48. The van der Waals surface area contributed by atoms with Crippen LogP contribution >= 0.6 is 0 Å². The minimum Gasteiger partial charge on any atom is -0.316 e. The zero-order chi connectivity index (χ0) is 16.4. The molecule has 0 amide bonds. The van der Waals surface area contributed by atoms with Gasteiger partial charge >= 0.3 is 6.18 Å². The summed E-state index contributed by atoms with van der Waals surface area (Å²) in [5.74, 6) is 0. The van der Waals surface area contributed by atoms with E-state index >= 15 is 0 Å². The van der Waals surface area contributed by atoms with Crippen molar-refractivity contribution in [3.05, 3.63) is 29.8 Å². The van der Waals surface area contributed by atoms with E-state index in [0.29, 0.717) is 6.54 Å². The maximum atomic E-state index is 12.5. The van der Waals surface area contributed by atoms with Gasteiger partial charge in [-0.15, -0.1) is 0 Å². The van der Waals surface area contributed by atoms with Crippen molar-refractivity contribution < 1.29 is 21.6 Å². The van der Waals surface area contributed by atoms with Gasteiger partial charge < -0.3 is 5.32 Å². The third kappa shape index (κ3) is 4.21. The molecule has 22 heavy (non-hydrogen) atoms. The first-order chi connectivity index (χ1) is 10.1. The van der Waals surface area contributed by atoms with E-state index < -0.39 is 21.8 Å². The number of alkyl halides is 3. The second-order valence-corrected chi connectivity index (χ2v) is 7.70. The molecular weight excluding hydrogens is 317 g/mol. The molecule has 4 nitrogen and oxygen atoms in total. The average molecular weight is 336 g/mol. The topological polar surface area (TPSA) is 58.2 Å². The Labute approximate surface area is 128 Å². The number of sulfonamides is 1. The molecule has 2 N–H and O–H groups in total. The molecule has 1 saturated heterocycles. The lowest BCUT2D eigenvalue weighted by Crippen LogP contribution is -2.45. The van der Waals surface area contributed by atoms with Crippen molar-refractivity contribution in [2.24, 2.45) is 5.41 Å². The van der Waals surface area contributed by atoms with Crippen LogP contribution in [0.1, 0.15) is 25.3 Å². The highest BCUT2D eigenvalue weighted by atomic mass is 32.2. The predicted molar refractivity (Wildman–Crippen MR) is 76.8 cm³/mol. The van der Waals surface area contributed by atoms with Crippen LogP contribution in [0.5, 0.6) is 0 Å². The lowest BCUT2D eigenvalue weighted by molar-refractivity contribution is -0.137. The van der Waals surface area contributed by atoms with E-state index in [1.807, 2.05) is 6.92 Å². The zero-order valence-corrected chi connectivity index (χ0v) is 13.0. The van der Waals surface area contributed by atoms with Gasteiger partial charge in [-0.25, -0.2) is 13.1 Å². The number of nitrogens with one attached hydrogen (secondary N) is 2. The summed E-state index contributed by atoms with van der Waals surface area (Å²) in [6.07, 6.45) is -2.61. The molecule has 1 aromatic carbocycles. The Balaban J connectivity index is 2.07. The summed E-state index contributed by atoms with van der Waals surface area (Å²) in [5.41, 5.74) is -1.05. The summed E-state index contributed by atoms with van der Waals surface area (Å²) in [6, 6.07) is 3.51. The van der Waals surface area contributed by atoms with E-state index in [-0.39, 0.29) is 16.9 Å². The van der Waals surface area contributed by atoms with Crippen LogP contribution in [0, 0.1) is 5.41 Å². The van der Waals surface area contributed by atoms with Gasteiger partial charge in [0, 0.05) is 13.1 Å². The molecule has 0 spiro atoms. The van der Waals surface area contributed by atoms with Crippen molar-refractivity contribution in [3.8, 4) is 0 Å². The summed E-state index contributed by atoms with van der Waals surface area (Å²) >= 11 is 0. The molecule has 0 aliphatic carbocycles. The molecule has 124 valence electrons. The molecule has 1 aromatic rings. The van der Waals surface area contributed by atoms with Gasteiger partial charge in [-0.1, -0.05) is 6.92 Å². The van der Waals surface area contributed by atoms with Crippen LogP contribution in [0.25, 0.3) is 0 Å². The number of piperidine rings is 1. The Bertz CT molecular complexity index is 606. The van der Waals surface area contributed by atoms with Crippen molar-refractivity contribution in [3.63, 3.8) is 0 Å². The minimum absolute atomic E-state index is 0.159. The van der Waals surface area contributed by atoms with Gasteiger partial charge in [0.25, 0.3) is 0 Å². The summed E-state index contributed by atoms with van der Waals surface area (Å²) < 4.78 is 64.3. The first-order valence-corrected chi connectivity index (χ1v) is 8.48. The Morgan fingerprint density at radius 2 is 1.91 bits per heavy atom. The van der Waals surface area contributed by atoms with Crippen molar-refractivity contribution in [2.75, 3.05) is 19.6 Å². The quantitative estimate of drug-likeness (QED) is 0.887. The third-order valence-corrected chi connectivity index (χ3v) is 5.28. The summed E-state index contributed by atoms with van der Waals surface area (Å²) in [7, 11) is -3.81. The fraction of sp³-hybridized carbons (Fsp3) is 0.571. The molecule has 1 heterocycles. The largest absolute Gasteiger partial charge is 0.416 e. The maximum absolute atomic E-state index is 12.5. The summed E-state index contributed by atoms with van der Waals surface area (Å²) in [4.78, 5) is -0.159. The van der Waals surface area contributed by atoms with E-state index in [2.05, 4.69) is 10.0 Å². The maximum Gasteiger partial charge on any atom is 0.416 e. The molecule has 0 bridgehead atoms. The van der Waals surface area contributed by atoms with E-state index in [4.69, 9.17) is 0 Å². The number of rotatable bonds is 4. The van der Waals surface area contributed by atoms with Gasteiger partial charge in [0.2, 0.25) is 10.0 Å². The first kappa shape index (κ1) is 17.2. The smallest absolute Gasteiger partial charge is 0.316 e. The summed E-state index contributed by atoms with van der Waals surface area (Å²) in [5, 5.41) is 3.22. The Hall–Kier alpha value is -1.12. The van der Waals surface area contributed by atoms with E-state index in [1.165, 1.54) is 0 Å². The number of hydrogen-bond acceptors (Lipinski definition) is 3. The second kappa shape index (κ2) is 6.17. The van der Waals surface area contributed by atoms with Crippen LogP contribution in [-0.2, 0) is 16.2 Å². The lowest BCUT2D eigenvalue weighted by atomic mass is 9.83. The Kier molecular flexibility index (Phi) is 4.84. The fourth-order valence-corrected chi connectivity index (χ4v) is 3.64. The van der Waals surface area contributed by atoms with E-state index in [1.54, 1.807) is 0 Å². The van der Waals surface area contributed by atoms with Gasteiger partial charge in [-0.2, -0.15) is 13.2 Å². The van der Waals surface area contributed by atoms with Crippen LogP contribution in [0.2, 0.25) is 0 Å². The van der Waals surface area contributed by atoms with Crippen LogP contribution in [0.4, 0.5) is 13.2 Å². The highest BCUT2D eigenvalue weighted by Crippen LogP contribution is 2.30. The molecular formula is C14H19F3N2O2S. The molecule has 0 aromatic heterocycles. The van der Waals surface area contributed by atoms with Crippen molar-refractivity contribution in [1.82, 2.24) is 10.0 Å². The highest BCUT2D eigenvalue weighted by molar-refractivity contribution is 7.89. The molecule has 0 radical (unpaired) electrons. The normalized spacial score (nSPS) is 23.5. The zero-order valence-electron chi connectivity index (χ0n) is 12.2. The highest BCUT2D eigenvalue weighted by Gasteiger charge is 2.31. The average Bonchev–Trinajstić information content (AvgIpc) is 2.46. The third-order valence-electron chi connectivity index (χ3n) is 3.87. The number of benzene rings is 1. The molecule has 2 rings (SSSR count). The van der Waals surface area contributed by atoms with E-state index in [0.717, 1.165) is 43.7 Å². The molecule has 1 fully saturated rings. The number of halogens is 3. The molecule has 1 unspecified atom stereocenters. The van der Waals surface area contributed by atoms with E-state index in [9.17, 15) is 21.6 Å². The summed E-state index contributed by atoms with van der Waals surface area (Å²) in [6.45, 7) is 3.86.